The van der Waals surface area contributed by atoms with Crippen LogP contribution in [-0.4, -0.2) is 34.1 Å². The molecule has 170 valence electrons. The molecule has 2 aliphatic rings. The maximum absolute atomic E-state index is 12.8. The first-order valence-electron chi connectivity index (χ1n) is 11.0. The first kappa shape index (κ1) is 22.5. The van der Waals surface area contributed by atoms with E-state index in [1.165, 1.54) is 0 Å². The minimum atomic E-state index is -0.556. The lowest BCUT2D eigenvalue weighted by Gasteiger charge is -2.30. The fourth-order valence-electron chi connectivity index (χ4n) is 4.37. The number of hydrogen-bond acceptors (Lipinski definition) is 4. The highest BCUT2D eigenvalue weighted by molar-refractivity contribution is 6.30. The van der Waals surface area contributed by atoms with Crippen molar-refractivity contribution in [3.05, 3.63) is 69.7 Å². The fourth-order valence-corrected chi connectivity index (χ4v) is 4.62. The third-order valence-corrected chi connectivity index (χ3v) is 5.97. The number of rotatable bonds is 3. The van der Waals surface area contributed by atoms with Crippen LogP contribution in [-0.2, 0) is 29.2 Å². The number of ether oxygens (including phenoxy) is 2. The molecule has 0 N–H and O–H groups in total. The Morgan fingerprint density at radius 1 is 1.09 bits per heavy atom. The summed E-state index contributed by atoms with van der Waals surface area (Å²) in [7, 11) is 0. The third kappa shape index (κ3) is 5.01. The average Bonchev–Trinajstić information content (AvgIpc) is 3.38. The van der Waals surface area contributed by atoms with E-state index in [4.69, 9.17) is 21.1 Å². The Morgan fingerprint density at radius 2 is 1.84 bits per heavy atom. The second-order valence-corrected chi connectivity index (χ2v) is 9.80. The Hall–Kier alpha value is -2.73. The Balaban J connectivity index is 1.50. The van der Waals surface area contributed by atoms with Crippen LogP contribution < -0.4 is 0 Å². The molecule has 0 aliphatic carbocycles. The first-order valence-corrected chi connectivity index (χ1v) is 11.4. The van der Waals surface area contributed by atoms with Gasteiger partial charge >= 0.3 is 12.2 Å². The zero-order chi connectivity index (χ0) is 22.9. The van der Waals surface area contributed by atoms with Crippen molar-refractivity contribution < 1.29 is 19.1 Å². The van der Waals surface area contributed by atoms with Crippen molar-refractivity contribution in [1.29, 1.82) is 0 Å². The van der Waals surface area contributed by atoms with Crippen LogP contribution in [0, 0.1) is 0 Å². The van der Waals surface area contributed by atoms with Gasteiger partial charge in [0.05, 0.1) is 12.6 Å². The van der Waals surface area contributed by atoms with E-state index in [2.05, 4.69) is 0 Å². The number of benzene rings is 2. The summed E-state index contributed by atoms with van der Waals surface area (Å²) in [5.41, 5.74) is 3.43. The number of hydrogen-bond donors (Lipinski definition) is 0. The molecule has 0 radical (unpaired) electrons. The molecule has 2 aliphatic heterocycles. The molecule has 7 heteroatoms. The Labute approximate surface area is 194 Å². The minimum Gasteiger partial charge on any atom is -0.445 e. The van der Waals surface area contributed by atoms with Gasteiger partial charge in [0, 0.05) is 18.1 Å². The highest BCUT2D eigenvalue weighted by atomic mass is 35.5. The molecule has 0 spiro atoms. The van der Waals surface area contributed by atoms with Crippen LogP contribution >= 0.6 is 11.6 Å². The lowest BCUT2D eigenvalue weighted by Crippen LogP contribution is -2.36. The second-order valence-electron chi connectivity index (χ2n) is 9.36. The molecule has 6 nitrogen and oxygen atoms in total. The van der Waals surface area contributed by atoms with Crippen LogP contribution in [0.15, 0.2) is 42.5 Å². The van der Waals surface area contributed by atoms with E-state index < -0.39 is 5.60 Å². The molecule has 2 amide bonds. The summed E-state index contributed by atoms with van der Waals surface area (Å²) in [6.45, 7) is 7.35. The second kappa shape index (κ2) is 9.02. The van der Waals surface area contributed by atoms with Gasteiger partial charge < -0.3 is 14.4 Å². The predicted molar refractivity (Wildman–Crippen MR) is 122 cm³/mol. The smallest absolute Gasteiger partial charge is 0.410 e. The molecular formula is C25H29ClN2O4. The number of fused-ring (bicyclic) bond motifs is 1. The maximum Gasteiger partial charge on any atom is 0.410 e. The van der Waals surface area contributed by atoms with E-state index in [0.29, 0.717) is 24.7 Å². The van der Waals surface area contributed by atoms with Gasteiger partial charge in [-0.1, -0.05) is 41.9 Å². The number of amides is 2. The topological polar surface area (TPSA) is 59.1 Å². The van der Waals surface area contributed by atoms with Crippen LogP contribution in [0.4, 0.5) is 9.59 Å². The highest BCUT2D eigenvalue weighted by Gasteiger charge is 2.37. The Kier molecular flexibility index (Phi) is 6.33. The van der Waals surface area contributed by atoms with Gasteiger partial charge in [0.15, 0.2) is 0 Å². The molecule has 32 heavy (non-hydrogen) atoms. The van der Waals surface area contributed by atoms with Gasteiger partial charge in [-0.05, 0) is 68.0 Å². The SMILES string of the molecule is CC(C)(C)OC(=O)N1CCC[C@H]1c1cc(Cl)cc2c1CN(C(=O)OCc1ccccc1)C2. The average molecular weight is 457 g/mol. The van der Waals surface area contributed by atoms with Gasteiger partial charge in [-0.3, -0.25) is 4.90 Å². The molecule has 1 saturated heterocycles. The van der Waals surface area contributed by atoms with Crippen molar-refractivity contribution in [1.82, 2.24) is 9.80 Å². The molecule has 1 fully saturated rings. The molecule has 4 rings (SSSR count). The van der Waals surface area contributed by atoms with E-state index in [-0.39, 0.29) is 24.8 Å². The predicted octanol–water partition coefficient (Wildman–Crippen LogP) is 6.06. The largest absolute Gasteiger partial charge is 0.445 e. The van der Waals surface area contributed by atoms with Crippen LogP contribution in [0.25, 0.3) is 0 Å². The summed E-state index contributed by atoms with van der Waals surface area (Å²) in [6.07, 6.45) is 1.06. The van der Waals surface area contributed by atoms with Crippen LogP contribution in [0.1, 0.15) is 61.9 Å². The number of carbonyl (C=O) groups is 2. The Morgan fingerprint density at radius 3 is 2.56 bits per heavy atom. The molecule has 2 aromatic carbocycles. The normalized spacial score (nSPS) is 17.9. The maximum atomic E-state index is 12.8. The summed E-state index contributed by atoms with van der Waals surface area (Å²) in [6, 6.07) is 13.3. The number of likely N-dealkylation sites (tertiary alicyclic amines) is 1. The monoisotopic (exact) mass is 456 g/mol. The van der Waals surface area contributed by atoms with Crippen molar-refractivity contribution in [2.45, 2.75) is 65.0 Å². The quantitative estimate of drug-likeness (QED) is 0.562. The van der Waals surface area contributed by atoms with Crippen LogP contribution in [0.3, 0.4) is 0 Å². The summed E-state index contributed by atoms with van der Waals surface area (Å²) < 4.78 is 11.1. The van der Waals surface area contributed by atoms with E-state index in [1.807, 2.05) is 63.2 Å². The number of nitrogens with zero attached hydrogens (tertiary/aromatic N) is 2. The number of halogens is 1. The van der Waals surface area contributed by atoms with Gasteiger partial charge in [-0.25, -0.2) is 9.59 Å². The number of carbonyl (C=O) groups excluding carboxylic acids is 2. The van der Waals surface area contributed by atoms with Gasteiger partial charge in [-0.15, -0.1) is 0 Å². The van der Waals surface area contributed by atoms with E-state index in [0.717, 1.165) is 35.1 Å². The zero-order valence-corrected chi connectivity index (χ0v) is 19.5. The third-order valence-electron chi connectivity index (χ3n) is 5.75. The molecule has 0 saturated carbocycles. The van der Waals surface area contributed by atoms with Gasteiger partial charge in [0.2, 0.25) is 0 Å². The summed E-state index contributed by atoms with van der Waals surface area (Å²) >= 11 is 6.44. The molecule has 0 aromatic heterocycles. The van der Waals surface area contributed by atoms with Crippen LogP contribution in [0.5, 0.6) is 0 Å². The van der Waals surface area contributed by atoms with Crippen molar-refractivity contribution in [3.8, 4) is 0 Å². The first-order chi connectivity index (χ1) is 15.2. The fraction of sp³-hybridized carbons (Fsp3) is 0.440. The molecule has 1 atom stereocenters. The van der Waals surface area contributed by atoms with Gasteiger partial charge in [-0.2, -0.15) is 0 Å². The van der Waals surface area contributed by atoms with E-state index in [1.54, 1.807) is 9.80 Å². The lowest BCUT2D eigenvalue weighted by atomic mass is 9.96. The standard InChI is InChI=1S/C25H29ClN2O4/c1-25(2,3)32-24(30)28-11-7-10-22(28)20-13-19(26)12-18-14-27(15-21(18)20)23(29)31-16-17-8-5-4-6-9-17/h4-6,8-9,12-13,22H,7,10-11,14-16H2,1-3H3/t22-/m0/s1. The molecule has 2 aromatic rings. The van der Waals surface area contributed by atoms with E-state index in [9.17, 15) is 9.59 Å². The highest BCUT2D eigenvalue weighted by Crippen LogP contribution is 2.40. The summed E-state index contributed by atoms with van der Waals surface area (Å²) in [5, 5.41) is 0.606. The zero-order valence-electron chi connectivity index (χ0n) is 18.8. The molecule has 0 bridgehead atoms. The van der Waals surface area contributed by atoms with Crippen LogP contribution in [0.2, 0.25) is 5.02 Å². The summed E-state index contributed by atoms with van der Waals surface area (Å²) in [5.74, 6) is 0. The van der Waals surface area contributed by atoms with Crippen molar-refractivity contribution in [3.63, 3.8) is 0 Å². The van der Waals surface area contributed by atoms with Crippen molar-refractivity contribution in [2.75, 3.05) is 6.54 Å². The lowest BCUT2D eigenvalue weighted by molar-refractivity contribution is 0.0223. The van der Waals surface area contributed by atoms with Crippen molar-refractivity contribution >= 4 is 23.8 Å². The van der Waals surface area contributed by atoms with Gasteiger partial charge in [0.25, 0.3) is 0 Å². The molecule has 0 unspecified atom stereocenters. The van der Waals surface area contributed by atoms with E-state index >= 15 is 0 Å². The molecular weight excluding hydrogens is 428 g/mol. The minimum absolute atomic E-state index is 0.113. The summed E-state index contributed by atoms with van der Waals surface area (Å²) in [4.78, 5) is 29.0. The Bertz CT molecular complexity index is 1000. The van der Waals surface area contributed by atoms with Crippen molar-refractivity contribution in [2.24, 2.45) is 0 Å². The molecule has 2 heterocycles. The van der Waals surface area contributed by atoms with Gasteiger partial charge in [0.1, 0.15) is 12.2 Å².